The van der Waals surface area contributed by atoms with E-state index in [1.165, 1.54) is 0 Å². The van der Waals surface area contributed by atoms with Crippen molar-refractivity contribution < 1.29 is 5.11 Å². The van der Waals surface area contributed by atoms with Crippen LogP contribution in [0.1, 0.15) is 5.56 Å². The summed E-state index contributed by atoms with van der Waals surface area (Å²) < 4.78 is 3.48. The van der Waals surface area contributed by atoms with Gasteiger partial charge in [-0.15, -0.1) is 0 Å². The summed E-state index contributed by atoms with van der Waals surface area (Å²) in [5.74, 6) is 0.165. The quantitative estimate of drug-likeness (QED) is 0.374. The number of phenols is 1. The number of hydrogen-bond acceptors (Lipinski definition) is 3. The third kappa shape index (κ3) is 3.43. The van der Waals surface area contributed by atoms with Gasteiger partial charge in [0.2, 0.25) is 0 Å². The highest BCUT2D eigenvalue weighted by Gasteiger charge is 2.06. The van der Waals surface area contributed by atoms with Crippen molar-refractivity contribution >= 4 is 49.4 Å². The van der Waals surface area contributed by atoms with Crippen LogP contribution in [0.3, 0.4) is 0 Å². The van der Waals surface area contributed by atoms with E-state index in [1.54, 1.807) is 12.3 Å². The van der Waals surface area contributed by atoms with Crippen molar-refractivity contribution in [3.05, 3.63) is 81.5 Å². The fourth-order valence-electron chi connectivity index (χ4n) is 2.62. The third-order valence-corrected chi connectivity index (χ3v) is 5.00. The zero-order chi connectivity index (χ0) is 18.1. The van der Waals surface area contributed by atoms with E-state index in [-0.39, 0.29) is 5.75 Å². The molecule has 1 N–H and O–H groups in total. The highest BCUT2D eigenvalue weighted by Crippen LogP contribution is 2.31. The summed E-state index contributed by atoms with van der Waals surface area (Å²) in [4.78, 5) is 9.06. The molecule has 0 aliphatic carbocycles. The van der Waals surface area contributed by atoms with E-state index in [1.807, 2.05) is 65.3 Å². The molecule has 0 bridgehead atoms. The zero-order valence-corrected chi connectivity index (χ0v) is 16.6. The summed E-state index contributed by atoms with van der Waals surface area (Å²) >= 11 is 6.73. The van der Waals surface area contributed by atoms with Crippen molar-refractivity contribution in [1.29, 1.82) is 0 Å². The predicted molar refractivity (Wildman–Crippen MR) is 111 cm³/mol. The number of rotatable bonds is 3. The first-order valence-electron chi connectivity index (χ1n) is 7.86. The molecule has 4 rings (SSSR count). The zero-order valence-electron chi connectivity index (χ0n) is 13.5. The van der Waals surface area contributed by atoms with Gasteiger partial charge in [0.05, 0.1) is 15.9 Å². The van der Waals surface area contributed by atoms with Gasteiger partial charge in [0.15, 0.2) is 0 Å². The van der Waals surface area contributed by atoms with E-state index in [4.69, 9.17) is 0 Å². The van der Waals surface area contributed by atoms with Gasteiger partial charge in [-0.3, -0.25) is 4.99 Å². The second kappa shape index (κ2) is 7.05. The lowest BCUT2D eigenvalue weighted by atomic mass is 10.1. The van der Waals surface area contributed by atoms with Gasteiger partial charge >= 0.3 is 0 Å². The van der Waals surface area contributed by atoms with Crippen LogP contribution in [0.5, 0.6) is 5.75 Å². The Morgan fingerprint density at radius 3 is 2.62 bits per heavy atom. The molecule has 2 aromatic heterocycles. The summed E-state index contributed by atoms with van der Waals surface area (Å²) in [5.41, 5.74) is 4.30. The smallest absolute Gasteiger partial charge is 0.138 e. The molecule has 0 amide bonds. The number of pyridine rings is 1. The maximum absolute atomic E-state index is 10.1. The molecule has 4 nitrogen and oxygen atoms in total. The highest BCUT2D eigenvalue weighted by molar-refractivity contribution is 9.11. The van der Waals surface area contributed by atoms with Crippen LogP contribution in [0.4, 0.5) is 5.69 Å². The van der Waals surface area contributed by atoms with Crippen LogP contribution in [0.25, 0.3) is 16.9 Å². The van der Waals surface area contributed by atoms with E-state index < -0.39 is 0 Å². The molecule has 0 saturated carbocycles. The van der Waals surface area contributed by atoms with Crippen molar-refractivity contribution in [2.24, 2.45) is 4.99 Å². The van der Waals surface area contributed by atoms with Gasteiger partial charge in [0.25, 0.3) is 0 Å². The molecule has 6 heteroatoms. The van der Waals surface area contributed by atoms with Gasteiger partial charge < -0.3 is 9.51 Å². The Morgan fingerprint density at radius 1 is 1.04 bits per heavy atom. The molecular formula is C20H13Br2N3O. The molecule has 128 valence electrons. The maximum atomic E-state index is 10.1. The Balaban J connectivity index is 1.60. The minimum atomic E-state index is 0.165. The van der Waals surface area contributed by atoms with Crippen LogP contribution in [-0.4, -0.2) is 20.7 Å². The number of halogens is 2. The van der Waals surface area contributed by atoms with Crippen LogP contribution in [0, 0.1) is 0 Å². The fourth-order valence-corrected chi connectivity index (χ4v) is 3.88. The Bertz CT molecular complexity index is 1080. The number of aromatic nitrogens is 2. The highest BCUT2D eigenvalue weighted by atomic mass is 79.9. The van der Waals surface area contributed by atoms with Crippen LogP contribution in [0.15, 0.2) is 80.9 Å². The van der Waals surface area contributed by atoms with Crippen LogP contribution in [-0.2, 0) is 0 Å². The van der Waals surface area contributed by atoms with Crippen molar-refractivity contribution in [3.63, 3.8) is 0 Å². The minimum absolute atomic E-state index is 0.165. The van der Waals surface area contributed by atoms with Crippen LogP contribution < -0.4 is 0 Å². The predicted octanol–water partition coefficient (Wildman–Crippen LogP) is 5.98. The number of imidazole rings is 1. The first kappa shape index (κ1) is 17.0. The van der Waals surface area contributed by atoms with Gasteiger partial charge in [0.1, 0.15) is 11.4 Å². The molecule has 0 fully saturated rings. The molecule has 0 unspecified atom stereocenters. The van der Waals surface area contributed by atoms with E-state index in [9.17, 15) is 5.11 Å². The largest absolute Gasteiger partial charge is 0.506 e. The normalized spacial score (nSPS) is 11.5. The van der Waals surface area contributed by atoms with Gasteiger partial charge in [0, 0.05) is 34.2 Å². The van der Waals surface area contributed by atoms with E-state index in [0.29, 0.717) is 10.0 Å². The lowest BCUT2D eigenvalue weighted by Crippen LogP contribution is -1.84. The first-order chi connectivity index (χ1) is 12.6. The molecular weight excluding hydrogens is 458 g/mol. The monoisotopic (exact) mass is 469 g/mol. The van der Waals surface area contributed by atoms with Crippen molar-refractivity contribution in [1.82, 2.24) is 9.38 Å². The molecule has 0 atom stereocenters. The first-order valence-corrected chi connectivity index (χ1v) is 9.45. The van der Waals surface area contributed by atoms with Crippen LogP contribution in [0.2, 0.25) is 0 Å². The summed E-state index contributed by atoms with van der Waals surface area (Å²) in [6.07, 6.45) is 5.63. The molecule has 0 aliphatic rings. The van der Waals surface area contributed by atoms with E-state index >= 15 is 0 Å². The SMILES string of the molecule is Oc1c(Br)cc(Br)cc1C=Nc1ccc(-c2cn3ccccc3n2)cc1. The lowest BCUT2D eigenvalue weighted by Gasteiger charge is -2.03. The summed E-state index contributed by atoms with van der Waals surface area (Å²) in [5, 5.41) is 10.1. The van der Waals surface area contributed by atoms with Gasteiger partial charge in [-0.2, -0.15) is 0 Å². The van der Waals surface area contributed by atoms with Gasteiger partial charge in [-0.1, -0.05) is 34.1 Å². The number of benzene rings is 2. The van der Waals surface area contributed by atoms with Gasteiger partial charge in [-0.25, -0.2) is 4.98 Å². The number of fused-ring (bicyclic) bond motifs is 1. The third-order valence-electron chi connectivity index (χ3n) is 3.94. The maximum Gasteiger partial charge on any atom is 0.138 e. The van der Waals surface area contributed by atoms with E-state index in [2.05, 4.69) is 41.8 Å². The molecule has 0 radical (unpaired) electrons. The second-order valence-electron chi connectivity index (χ2n) is 5.72. The topological polar surface area (TPSA) is 49.9 Å². The lowest BCUT2D eigenvalue weighted by molar-refractivity contribution is 0.471. The van der Waals surface area contributed by atoms with Crippen LogP contribution >= 0.6 is 31.9 Å². The Kier molecular flexibility index (Phi) is 4.61. The standard InChI is InChI=1S/C20H13Br2N3O/c21-15-9-14(20(26)17(22)10-15)11-23-16-6-4-13(5-7-16)18-12-25-8-2-1-3-19(25)24-18/h1-12,26H. The van der Waals surface area contributed by atoms with Crippen molar-refractivity contribution in [2.45, 2.75) is 0 Å². The Hall–Kier alpha value is -2.44. The number of phenolic OH excluding ortho intramolecular Hbond substituents is 1. The van der Waals surface area contributed by atoms with Gasteiger partial charge in [-0.05, 0) is 52.3 Å². The van der Waals surface area contributed by atoms with Crippen molar-refractivity contribution in [3.8, 4) is 17.0 Å². The molecule has 2 aromatic carbocycles. The fraction of sp³-hybridized carbons (Fsp3) is 0. The molecule has 4 aromatic rings. The Labute approximate surface area is 167 Å². The number of hydrogen-bond donors (Lipinski definition) is 1. The molecule has 2 heterocycles. The summed E-state index contributed by atoms with van der Waals surface area (Å²) in [7, 11) is 0. The summed E-state index contributed by atoms with van der Waals surface area (Å²) in [6.45, 7) is 0. The number of aliphatic imine (C=N–C) groups is 1. The average Bonchev–Trinajstić information content (AvgIpc) is 3.08. The van der Waals surface area contributed by atoms with Crippen molar-refractivity contribution in [2.75, 3.05) is 0 Å². The molecule has 0 aliphatic heterocycles. The number of aromatic hydroxyl groups is 1. The summed E-state index contributed by atoms with van der Waals surface area (Å²) in [6, 6.07) is 17.4. The molecule has 0 spiro atoms. The average molecular weight is 471 g/mol. The minimum Gasteiger partial charge on any atom is -0.506 e. The molecule has 26 heavy (non-hydrogen) atoms. The second-order valence-corrected chi connectivity index (χ2v) is 7.49. The Morgan fingerprint density at radius 2 is 1.85 bits per heavy atom. The number of nitrogens with zero attached hydrogens (tertiary/aromatic N) is 3. The van der Waals surface area contributed by atoms with E-state index in [0.717, 1.165) is 27.1 Å². The molecule has 0 saturated heterocycles.